The van der Waals surface area contributed by atoms with Crippen LogP contribution in [0.5, 0.6) is 5.75 Å². The van der Waals surface area contributed by atoms with Crippen molar-refractivity contribution in [2.45, 2.75) is 12.5 Å². The summed E-state index contributed by atoms with van der Waals surface area (Å²) in [5, 5.41) is 9.56. The van der Waals surface area contributed by atoms with Crippen molar-refractivity contribution in [2.75, 3.05) is 18.0 Å². The minimum absolute atomic E-state index is 0.0592. The molecule has 1 saturated heterocycles. The third kappa shape index (κ3) is 3.53. The summed E-state index contributed by atoms with van der Waals surface area (Å²) >= 11 is 5.81. The van der Waals surface area contributed by atoms with E-state index < -0.39 is 5.97 Å². The highest BCUT2D eigenvalue weighted by Gasteiger charge is 2.28. The van der Waals surface area contributed by atoms with E-state index in [1.165, 1.54) is 24.4 Å². The maximum Gasteiger partial charge on any atom is 0.339 e. The number of aromatic nitrogens is 1. The van der Waals surface area contributed by atoms with E-state index in [2.05, 4.69) is 4.98 Å². The lowest BCUT2D eigenvalue weighted by Crippen LogP contribution is -2.26. The lowest BCUT2D eigenvalue weighted by molar-refractivity contribution is 0.0697. The summed E-state index contributed by atoms with van der Waals surface area (Å²) in [6.45, 7) is 1.08. The number of rotatable bonds is 4. The van der Waals surface area contributed by atoms with Gasteiger partial charge in [-0.3, -0.25) is 0 Å². The SMILES string of the molecule is O=C(O)c1cc(Cl)cnc1N1CCC(Oc2cccc(F)c2)C1. The summed E-state index contributed by atoms with van der Waals surface area (Å²) in [7, 11) is 0. The molecule has 0 saturated carbocycles. The van der Waals surface area contributed by atoms with Crippen LogP contribution < -0.4 is 9.64 Å². The Labute approximate surface area is 137 Å². The number of ether oxygens (including phenoxy) is 1. The number of halogens is 2. The van der Waals surface area contributed by atoms with Crippen LogP contribution in [-0.2, 0) is 0 Å². The molecule has 0 bridgehead atoms. The smallest absolute Gasteiger partial charge is 0.339 e. The van der Waals surface area contributed by atoms with E-state index in [4.69, 9.17) is 16.3 Å². The summed E-state index contributed by atoms with van der Waals surface area (Å²) in [4.78, 5) is 17.3. The summed E-state index contributed by atoms with van der Waals surface area (Å²) in [5.41, 5.74) is 0.0592. The molecule has 0 radical (unpaired) electrons. The summed E-state index contributed by atoms with van der Waals surface area (Å²) in [6, 6.07) is 7.33. The van der Waals surface area contributed by atoms with Crippen LogP contribution in [0.15, 0.2) is 36.5 Å². The molecule has 1 fully saturated rings. The standard InChI is InChI=1S/C16H14ClFN2O3/c17-10-6-14(16(21)22)15(19-8-10)20-5-4-13(9-20)23-12-3-1-2-11(18)7-12/h1-3,6-8,13H,4-5,9H2,(H,21,22). The van der Waals surface area contributed by atoms with Crippen LogP contribution in [0.2, 0.25) is 5.02 Å². The highest BCUT2D eigenvalue weighted by Crippen LogP contribution is 2.27. The molecule has 1 unspecified atom stereocenters. The molecular formula is C16H14ClFN2O3. The second-order valence-electron chi connectivity index (χ2n) is 5.26. The van der Waals surface area contributed by atoms with Crippen molar-refractivity contribution in [1.82, 2.24) is 4.98 Å². The Kier molecular flexibility index (Phi) is 4.34. The van der Waals surface area contributed by atoms with Crippen LogP contribution in [0, 0.1) is 5.82 Å². The summed E-state index contributed by atoms with van der Waals surface area (Å²) in [5.74, 6) is -0.610. The number of hydrogen-bond donors (Lipinski definition) is 1. The molecule has 2 heterocycles. The zero-order valence-electron chi connectivity index (χ0n) is 12.1. The fourth-order valence-corrected chi connectivity index (χ4v) is 2.75. The maximum atomic E-state index is 13.2. The minimum atomic E-state index is -1.08. The van der Waals surface area contributed by atoms with Gasteiger partial charge in [0.05, 0.1) is 11.6 Å². The number of anilines is 1. The Balaban J connectivity index is 1.74. The van der Waals surface area contributed by atoms with Gasteiger partial charge >= 0.3 is 5.97 Å². The van der Waals surface area contributed by atoms with Crippen LogP contribution in [0.1, 0.15) is 16.8 Å². The van der Waals surface area contributed by atoms with Crippen LogP contribution in [0.4, 0.5) is 10.2 Å². The first-order valence-electron chi connectivity index (χ1n) is 7.09. The topological polar surface area (TPSA) is 62.7 Å². The van der Waals surface area contributed by atoms with Gasteiger partial charge in [-0.05, 0) is 18.2 Å². The largest absolute Gasteiger partial charge is 0.488 e. The molecule has 23 heavy (non-hydrogen) atoms. The van der Waals surface area contributed by atoms with Crippen molar-refractivity contribution in [3.8, 4) is 5.75 Å². The van der Waals surface area contributed by atoms with E-state index in [9.17, 15) is 14.3 Å². The van der Waals surface area contributed by atoms with Gasteiger partial charge in [0.15, 0.2) is 0 Å². The number of benzene rings is 1. The number of carboxylic acids is 1. The normalized spacial score (nSPS) is 17.3. The van der Waals surface area contributed by atoms with E-state index in [0.29, 0.717) is 31.1 Å². The quantitative estimate of drug-likeness (QED) is 0.928. The highest BCUT2D eigenvalue weighted by molar-refractivity contribution is 6.30. The molecule has 120 valence electrons. The predicted molar refractivity (Wildman–Crippen MR) is 83.9 cm³/mol. The Morgan fingerprint density at radius 2 is 2.26 bits per heavy atom. The molecule has 0 spiro atoms. The van der Waals surface area contributed by atoms with Gasteiger partial charge in [-0.15, -0.1) is 0 Å². The third-order valence-corrected chi connectivity index (χ3v) is 3.81. The van der Waals surface area contributed by atoms with Crippen molar-refractivity contribution < 1.29 is 19.0 Å². The highest BCUT2D eigenvalue weighted by atomic mass is 35.5. The number of aromatic carboxylic acids is 1. The zero-order valence-corrected chi connectivity index (χ0v) is 12.8. The summed E-state index contributed by atoms with van der Waals surface area (Å²) < 4.78 is 18.9. The van der Waals surface area contributed by atoms with Crippen LogP contribution in [-0.4, -0.2) is 35.3 Å². The Bertz CT molecular complexity index is 741. The second kappa shape index (κ2) is 6.42. The van der Waals surface area contributed by atoms with Crippen molar-refractivity contribution >= 4 is 23.4 Å². The molecule has 1 aliphatic heterocycles. The fraction of sp³-hybridized carbons (Fsp3) is 0.250. The van der Waals surface area contributed by atoms with Gasteiger partial charge < -0.3 is 14.7 Å². The molecule has 1 aromatic heterocycles. The second-order valence-corrected chi connectivity index (χ2v) is 5.70. The Morgan fingerprint density at radius 3 is 3.00 bits per heavy atom. The zero-order chi connectivity index (χ0) is 16.4. The number of pyridine rings is 1. The maximum absolute atomic E-state index is 13.2. The lowest BCUT2D eigenvalue weighted by Gasteiger charge is -2.19. The summed E-state index contributed by atoms with van der Waals surface area (Å²) in [6.07, 6.45) is 1.96. The molecule has 1 aromatic carbocycles. The van der Waals surface area contributed by atoms with E-state index >= 15 is 0 Å². The van der Waals surface area contributed by atoms with E-state index in [1.54, 1.807) is 12.1 Å². The number of carbonyl (C=O) groups is 1. The average Bonchev–Trinajstić information content (AvgIpc) is 2.95. The van der Waals surface area contributed by atoms with E-state index in [-0.39, 0.29) is 22.5 Å². The number of nitrogens with zero attached hydrogens (tertiary/aromatic N) is 2. The van der Waals surface area contributed by atoms with Crippen LogP contribution in [0.3, 0.4) is 0 Å². The third-order valence-electron chi connectivity index (χ3n) is 3.61. The van der Waals surface area contributed by atoms with Gasteiger partial charge in [-0.2, -0.15) is 0 Å². The number of hydrogen-bond acceptors (Lipinski definition) is 4. The first-order chi connectivity index (χ1) is 11.0. The average molecular weight is 337 g/mol. The van der Waals surface area contributed by atoms with E-state index in [0.717, 1.165) is 0 Å². The Morgan fingerprint density at radius 1 is 1.43 bits per heavy atom. The lowest BCUT2D eigenvalue weighted by atomic mass is 10.2. The molecule has 0 amide bonds. The van der Waals surface area contributed by atoms with Crippen molar-refractivity contribution in [2.24, 2.45) is 0 Å². The van der Waals surface area contributed by atoms with Gasteiger partial charge in [-0.25, -0.2) is 14.2 Å². The van der Waals surface area contributed by atoms with Gasteiger partial charge in [0.2, 0.25) is 0 Å². The van der Waals surface area contributed by atoms with Gasteiger partial charge in [0.25, 0.3) is 0 Å². The monoisotopic (exact) mass is 336 g/mol. The first-order valence-corrected chi connectivity index (χ1v) is 7.47. The van der Waals surface area contributed by atoms with Crippen molar-refractivity contribution in [3.05, 3.63) is 52.9 Å². The Hall–Kier alpha value is -2.34. The molecule has 5 nitrogen and oxygen atoms in total. The predicted octanol–water partition coefficient (Wildman–Crippen LogP) is 3.23. The van der Waals surface area contributed by atoms with Crippen molar-refractivity contribution in [3.63, 3.8) is 0 Å². The van der Waals surface area contributed by atoms with Gasteiger partial charge in [-0.1, -0.05) is 17.7 Å². The number of carboxylic acid groups (broad SMARTS) is 1. The van der Waals surface area contributed by atoms with Crippen molar-refractivity contribution in [1.29, 1.82) is 0 Å². The minimum Gasteiger partial charge on any atom is -0.488 e. The molecule has 2 aromatic rings. The van der Waals surface area contributed by atoms with E-state index in [1.807, 2.05) is 4.90 Å². The molecule has 0 aliphatic carbocycles. The molecule has 1 atom stereocenters. The molecule has 3 rings (SSSR count). The van der Waals surface area contributed by atoms with Gasteiger partial charge in [0, 0.05) is 25.2 Å². The molecule has 1 aliphatic rings. The molecule has 1 N–H and O–H groups in total. The van der Waals surface area contributed by atoms with Gasteiger partial charge in [0.1, 0.15) is 29.1 Å². The first kappa shape index (κ1) is 15.6. The van der Waals surface area contributed by atoms with Crippen LogP contribution in [0.25, 0.3) is 0 Å². The van der Waals surface area contributed by atoms with Crippen LogP contribution >= 0.6 is 11.6 Å². The molecular weight excluding hydrogens is 323 g/mol. The fourth-order valence-electron chi connectivity index (χ4n) is 2.59. The molecule has 7 heteroatoms.